The largest absolute Gasteiger partial charge is 0.508 e. The van der Waals surface area contributed by atoms with Crippen molar-refractivity contribution in [1.29, 1.82) is 0 Å². The molecule has 0 aromatic heterocycles. The minimum absolute atomic E-state index is 0.299. The Kier molecular flexibility index (Phi) is 2.92. The summed E-state index contributed by atoms with van der Waals surface area (Å²) in [6.07, 6.45) is 8.50. The van der Waals surface area contributed by atoms with Gasteiger partial charge in [-0.25, -0.2) is 0 Å². The molecule has 108 valence electrons. The predicted molar refractivity (Wildman–Crippen MR) is 78.1 cm³/mol. The van der Waals surface area contributed by atoms with Crippen LogP contribution in [0.1, 0.15) is 50.1 Å². The van der Waals surface area contributed by atoms with Gasteiger partial charge in [-0.2, -0.15) is 0 Å². The van der Waals surface area contributed by atoms with Crippen LogP contribution in [0.4, 0.5) is 0 Å². The van der Waals surface area contributed by atoms with E-state index in [1.807, 2.05) is 6.07 Å². The van der Waals surface area contributed by atoms with Crippen molar-refractivity contribution in [2.75, 3.05) is 19.7 Å². The Balaban J connectivity index is 1.48. The quantitative estimate of drug-likeness (QED) is 0.850. The predicted octanol–water partition coefficient (Wildman–Crippen LogP) is 3.48. The highest BCUT2D eigenvalue weighted by Crippen LogP contribution is 2.48. The summed E-state index contributed by atoms with van der Waals surface area (Å²) in [5.41, 5.74) is 1.93. The van der Waals surface area contributed by atoms with E-state index in [9.17, 15) is 5.11 Å². The van der Waals surface area contributed by atoms with Crippen molar-refractivity contribution in [2.24, 2.45) is 5.41 Å². The fourth-order valence-corrected chi connectivity index (χ4v) is 4.42. The number of aromatic hydroxyl groups is 1. The van der Waals surface area contributed by atoms with Gasteiger partial charge in [0.05, 0.1) is 6.04 Å². The summed E-state index contributed by atoms with van der Waals surface area (Å²) >= 11 is 0. The fourth-order valence-electron chi connectivity index (χ4n) is 4.42. The standard InChI is InChI=1S/C17H23NO2/c19-13-3-4-14-15(12-20-16(14)11-13)18-9-7-17(8-10-18)5-1-2-6-17/h3-4,11,15,19H,1-2,5-10,12H2. The highest BCUT2D eigenvalue weighted by atomic mass is 16.5. The number of likely N-dealkylation sites (tertiary alicyclic amines) is 1. The molecule has 3 nitrogen and oxygen atoms in total. The van der Waals surface area contributed by atoms with Crippen LogP contribution in [0, 0.1) is 5.41 Å². The Morgan fingerprint density at radius 2 is 1.85 bits per heavy atom. The van der Waals surface area contributed by atoms with Crippen LogP contribution in [0.5, 0.6) is 11.5 Å². The van der Waals surface area contributed by atoms with Gasteiger partial charge in [0.25, 0.3) is 0 Å². The van der Waals surface area contributed by atoms with Crippen LogP contribution in [0.3, 0.4) is 0 Å². The lowest BCUT2D eigenvalue weighted by molar-refractivity contribution is 0.0667. The van der Waals surface area contributed by atoms with E-state index in [1.54, 1.807) is 12.1 Å². The van der Waals surface area contributed by atoms with Crippen LogP contribution in [0.15, 0.2) is 18.2 Å². The number of phenols is 1. The number of phenolic OH excluding ortho intramolecular Hbond substituents is 1. The molecule has 1 aromatic carbocycles. The number of piperidine rings is 1. The number of hydrogen-bond acceptors (Lipinski definition) is 3. The first-order chi connectivity index (χ1) is 9.76. The Morgan fingerprint density at radius 1 is 1.10 bits per heavy atom. The van der Waals surface area contributed by atoms with Crippen LogP contribution < -0.4 is 4.74 Å². The molecule has 0 radical (unpaired) electrons. The summed E-state index contributed by atoms with van der Waals surface area (Å²) in [6, 6.07) is 5.95. The molecule has 1 saturated heterocycles. The summed E-state index contributed by atoms with van der Waals surface area (Å²) < 4.78 is 5.76. The maximum absolute atomic E-state index is 9.54. The van der Waals surface area contributed by atoms with Gasteiger partial charge in [0.2, 0.25) is 0 Å². The zero-order valence-corrected chi connectivity index (χ0v) is 12.0. The summed E-state index contributed by atoms with van der Waals surface area (Å²) in [7, 11) is 0. The van der Waals surface area contributed by atoms with Gasteiger partial charge < -0.3 is 9.84 Å². The molecule has 2 fully saturated rings. The molecule has 1 N–H and O–H groups in total. The Hall–Kier alpha value is -1.22. The van der Waals surface area contributed by atoms with E-state index in [2.05, 4.69) is 4.90 Å². The van der Waals surface area contributed by atoms with Gasteiger partial charge in [-0.05, 0) is 56.3 Å². The van der Waals surface area contributed by atoms with E-state index in [1.165, 1.54) is 57.2 Å². The molecular formula is C17H23NO2. The van der Waals surface area contributed by atoms with Crippen molar-refractivity contribution in [1.82, 2.24) is 4.90 Å². The molecule has 3 heteroatoms. The second kappa shape index (κ2) is 4.66. The monoisotopic (exact) mass is 273 g/mol. The van der Waals surface area contributed by atoms with Crippen molar-refractivity contribution in [2.45, 2.75) is 44.6 Å². The summed E-state index contributed by atoms with van der Waals surface area (Å²) in [5.74, 6) is 1.17. The van der Waals surface area contributed by atoms with Crippen molar-refractivity contribution in [3.8, 4) is 11.5 Å². The Labute approximate surface area is 120 Å². The molecular weight excluding hydrogens is 250 g/mol. The van der Waals surface area contributed by atoms with E-state index < -0.39 is 0 Å². The zero-order valence-electron chi connectivity index (χ0n) is 12.0. The number of benzene rings is 1. The molecule has 1 atom stereocenters. The van der Waals surface area contributed by atoms with Crippen LogP contribution in [0.25, 0.3) is 0 Å². The number of fused-ring (bicyclic) bond motifs is 1. The lowest BCUT2D eigenvalue weighted by Crippen LogP contribution is -2.41. The molecule has 1 spiro atoms. The van der Waals surface area contributed by atoms with Crippen LogP contribution in [-0.2, 0) is 0 Å². The molecule has 1 aliphatic carbocycles. The Morgan fingerprint density at radius 3 is 2.60 bits per heavy atom. The van der Waals surface area contributed by atoms with Crippen LogP contribution >= 0.6 is 0 Å². The van der Waals surface area contributed by atoms with Crippen LogP contribution in [-0.4, -0.2) is 29.7 Å². The SMILES string of the molecule is Oc1ccc2c(c1)OCC2N1CCC2(CCCC2)CC1. The topological polar surface area (TPSA) is 32.7 Å². The van der Waals surface area contributed by atoms with E-state index in [-0.39, 0.29) is 0 Å². The number of hydrogen-bond donors (Lipinski definition) is 1. The first kappa shape index (κ1) is 12.5. The average molecular weight is 273 g/mol. The lowest BCUT2D eigenvalue weighted by atomic mass is 9.76. The van der Waals surface area contributed by atoms with Gasteiger partial charge in [-0.3, -0.25) is 4.90 Å². The minimum Gasteiger partial charge on any atom is -0.508 e. The first-order valence-corrected chi connectivity index (χ1v) is 7.96. The maximum Gasteiger partial charge on any atom is 0.127 e. The molecule has 2 heterocycles. The van der Waals surface area contributed by atoms with Gasteiger partial charge in [0.15, 0.2) is 0 Å². The van der Waals surface area contributed by atoms with Gasteiger partial charge in [-0.15, -0.1) is 0 Å². The zero-order chi connectivity index (χ0) is 13.6. The summed E-state index contributed by atoms with van der Waals surface area (Å²) in [4.78, 5) is 2.59. The van der Waals surface area contributed by atoms with Crippen molar-refractivity contribution in [3.63, 3.8) is 0 Å². The highest BCUT2D eigenvalue weighted by Gasteiger charge is 2.40. The first-order valence-electron chi connectivity index (χ1n) is 7.96. The van der Waals surface area contributed by atoms with E-state index >= 15 is 0 Å². The Bertz CT molecular complexity index is 498. The third-order valence-corrected chi connectivity index (χ3v) is 5.72. The van der Waals surface area contributed by atoms with Gasteiger partial charge in [0.1, 0.15) is 18.1 Å². The normalized spacial score (nSPS) is 28.5. The van der Waals surface area contributed by atoms with Gasteiger partial charge in [0, 0.05) is 11.6 Å². The summed E-state index contributed by atoms with van der Waals surface area (Å²) in [5, 5.41) is 9.54. The smallest absolute Gasteiger partial charge is 0.127 e. The van der Waals surface area contributed by atoms with Crippen molar-refractivity contribution >= 4 is 0 Å². The molecule has 2 aliphatic heterocycles. The number of nitrogens with zero attached hydrogens (tertiary/aromatic N) is 1. The third kappa shape index (κ3) is 1.99. The fraction of sp³-hybridized carbons (Fsp3) is 0.647. The molecule has 1 unspecified atom stereocenters. The lowest BCUT2D eigenvalue weighted by Gasteiger charge is -2.41. The van der Waals surface area contributed by atoms with Gasteiger partial charge in [-0.1, -0.05) is 12.8 Å². The molecule has 1 saturated carbocycles. The average Bonchev–Trinajstić information content (AvgIpc) is 3.07. The molecule has 1 aromatic rings. The molecule has 20 heavy (non-hydrogen) atoms. The van der Waals surface area contributed by atoms with E-state index in [4.69, 9.17) is 4.74 Å². The second-order valence-electron chi connectivity index (χ2n) is 6.79. The van der Waals surface area contributed by atoms with Crippen LogP contribution in [0.2, 0.25) is 0 Å². The molecule has 0 bridgehead atoms. The number of ether oxygens (including phenoxy) is 1. The van der Waals surface area contributed by atoms with Gasteiger partial charge >= 0.3 is 0 Å². The minimum atomic E-state index is 0.299. The molecule has 0 amide bonds. The second-order valence-corrected chi connectivity index (χ2v) is 6.79. The van der Waals surface area contributed by atoms with E-state index in [0.717, 1.165) is 12.4 Å². The number of rotatable bonds is 1. The highest BCUT2D eigenvalue weighted by molar-refractivity contribution is 5.44. The summed E-state index contributed by atoms with van der Waals surface area (Å²) in [6.45, 7) is 3.15. The van der Waals surface area contributed by atoms with E-state index in [0.29, 0.717) is 17.2 Å². The third-order valence-electron chi connectivity index (χ3n) is 5.72. The maximum atomic E-state index is 9.54. The molecule has 4 rings (SSSR count). The van der Waals surface area contributed by atoms with Crippen molar-refractivity contribution < 1.29 is 9.84 Å². The van der Waals surface area contributed by atoms with Crippen molar-refractivity contribution in [3.05, 3.63) is 23.8 Å². The molecule has 3 aliphatic rings.